The highest BCUT2D eigenvalue weighted by molar-refractivity contribution is 7.87. The van der Waals surface area contributed by atoms with Crippen LogP contribution in [0.15, 0.2) is 24.3 Å². The topological polar surface area (TPSA) is 86.9 Å². The normalized spacial score (nSPS) is 14.6. The number of nitrogens with one attached hydrogen (secondary N) is 3. The van der Waals surface area contributed by atoms with Gasteiger partial charge in [-0.15, -0.1) is 0 Å². The highest BCUT2D eigenvalue weighted by Crippen LogP contribution is 2.16. The van der Waals surface area contributed by atoms with Crippen molar-refractivity contribution in [2.24, 2.45) is 0 Å². The molecule has 1 aromatic heterocycles. The van der Waals surface area contributed by atoms with Gasteiger partial charge in [0.05, 0.1) is 17.1 Å². The van der Waals surface area contributed by atoms with E-state index in [0.29, 0.717) is 5.82 Å². The summed E-state index contributed by atoms with van der Waals surface area (Å²) in [5, 5.41) is 0. The number of imidazole rings is 1. The van der Waals surface area contributed by atoms with Gasteiger partial charge in [-0.25, -0.2) is 4.98 Å². The van der Waals surface area contributed by atoms with Crippen molar-refractivity contribution in [3.63, 3.8) is 0 Å². The van der Waals surface area contributed by atoms with E-state index in [2.05, 4.69) is 19.4 Å². The summed E-state index contributed by atoms with van der Waals surface area (Å²) in [4.78, 5) is 7.50. The Morgan fingerprint density at radius 1 is 1.25 bits per heavy atom. The van der Waals surface area contributed by atoms with Crippen LogP contribution in [-0.2, 0) is 10.2 Å². The third-order valence-corrected chi connectivity index (χ3v) is 4.14. The number of rotatable bonds is 4. The first-order valence-electron chi connectivity index (χ1n) is 6.42. The van der Waals surface area contributed by atoms with Crippen molar-refractivity contribution in [3.05, 3.63) is 30.1 Å². The summed E-state index contributed by atoms with van der Waals surface area (Å²) >= 11 is 0. The van der Waals surface area contributed by atoms with E-state index in [1.54, 1.807) is 27.7 Å². The largest absolute Gasteiger partial charge is 0.341 e. The third-order valence-electron chi connectivity index (χ3n) is 2.59. The Morgan fingerprint density at radius 3 is 2.50 bits per heavy atom. The molecule has 1 aromatic carbocycles. The number of benzene rings is 1. The molecule has 0 radical (unpaired) electrons. The van der Waals surface area contributed by atoms with Crippen LogP contribution < -0.4 is 9.44 Å². The van der Waals surface area contributed by atoms with Crippen molar-refractivity contribution in [2.45, 2.75) is 39.3 Å². The van der Waals surface area contributed by atoms with Crippen LogP contribution in [0, 0.1) is 0 Å². The van der Waals surface area contributed by atoms with Gasteiger partial charge in [-0.05, 0) is 39.8 Å². The molecule has 20 heavy (non-hydrogen) atoms. The van der Waals surface area contributed by atoms with Crippen LogP contribution in [0.4, 0.5) is 0 Å². The molecule has 0 saturated heterocycles. The van der Waals surface area contributed by atoms with Gasteiger partial charge in [0, 0.05) is 5.54 Å². The zero-order chi connectivity index (χ0) is 15.0. The molecule has 6 nitrogen and oxygen atoms in total. The van der Waals surface area contributed by atoms with Crippen molar-refractivity contribution in [1.82, 2.24) is 19.4 Å². The second-order valence-corrected chi connectivity index (χ2v) is 7.28. The highest BCUT2D eigenvalue weighted by Gasteiger charge is 2.23. The van der Waals surface area contributed by atoms with Crippen LogP contribution in [0.5, 0.6) is 0 Å². The van der Waals surface area contributed by atoms with Crippen molar-refractivity contribution in [1.29, 1.82) is 0 Å². The number of nitrogens with zero attached hydrogens (tertiary/aromatic N) is 1. The fraction of sp³-hybridized carbons (Fsp3) is 0.462. The lowest BCUT2D eigenvalue weighted by Gasteiger charge is -2.22. The zero-order valence-corrected chi connectivity index (χ0v) is 12.9. The van der Waals surface area contributed by atoms with E-state index >= 15 is 0 Å². The van der Waals surface area contributed by atoms with Gasteiger partial charge in [0.15, 0.2) is 0 Å². The third kappa shape index (κ3) is 3.78. The van der Waals surface area contributed by atoms with Gasteiger partial charge in [-0.2, -0.15) is 17.9 Å². The van der Waals surface area contributed by atoms with Gasteiger partial charge < -0.3 is 4.98 Å². The molecule has 0 bridgehead atoms. The van der Waals surface area contributed by atoms with Crippen LogP contribution in [0.2, 0.25) is 0 Å². The number of aromatic amines is 1. The molecular formula is C13H20N4O2S. The standard InChI is InChI=1S/C13H20N4O2S/c1-9(16-20(18,19)17-13(2,3)4)12-14-10-7-5-6-8-11(10)15-12/h5-9,16-17H,1-4H3,(H,14,15). The maximum Gasteiger partial charge on any atom is 0.278 e. The van der Waals surface area contributed by atoms with Gasteiger partial charge in [0.2, 0.25) is 0 Å². The summed E-state index contributed by atoms with van der Waals surface area (Å²) < 4.78 is 29.1. The minimum atomic E-state index is -3.58. The maximum atomic E-state index is 12.0. The molecule has 0 saturated carbocycles. The van der Waals surface area contributed by atoms with Crippen LogP contribution in [0.1, 0.15) is 39.6 Å². The average Bonchev–Trinajstić information content (AvgIpc) is 2.68. The molecule has 1 unspecified atom stereocenters. The Balaban J connectivity index is 2.17. The number of hydrogen-bond acceptors (Lipinski definition) is 3. The summed E-state index contributed by atoms with van der Waals surface area (Å²) in [5.41, 5.74) is 1.18. The molecule has 0 amide bonds. The van der Waals surface area contributed by atoms with Gasteiger partial charge in [0.1, 0.15) is 5.82 Å². The molecule has 0 aliphatic carbocycles. The first-order valence-corrected chi connectivity index (χ1v) is 7.90. The van der Waals surface area contributed by atoms with Gasteiger partial charge in [-0.3, -0.25) is 0 Å². The minimum Gasteiger partial charge on any atom is -0.341 e. The molecular weight excluding hydrogens is 276 g/mol. The lowest BCUT2D eigenvalue weighted by Crippen LogP contribution is -2.47. The van der Waals surface area contributed by atoms with Crippen molar-refractivity contribution >= 4 is 21.2 Å². The summed E-state index contributed by atoms with van der Waals surface area (Å²) in [6, 6.07) is 7.13. The van der Waals surface area contributed by atoms with Gasteiger partial charge in [0.25, 0.3) is 10.2 Å². The van der Waals surface area contributed by atoms with E-state index in [1.165, 1.54) is 0 Å². The number of para-hydroxylation sites is 2. The summed E-state index contributed by atoms with van der Waals surface area (Å²) in [7, 11) is -3.58. The predicted octanol–water partition coefficient (Wildman–Crippen LogP) is 1.85. The number of fused-ring (bicyclic) bond motifs is 1. The molecule has 3 N–H and O–H groups in total. The lowest BCUT2D eigenvalue weighted by molar-refractivity contribution is 0.476. The Hall–Kier alpha value is -1.44. The number of aromatic nitrogens is 2. The van der Waals surface area contributed by atoms with Crippen LogP contribution in [0.3, 0.4) is 0 Å². The van der Waals surface area contributed by atoms with Crippen LogP contribution in [-0.4, -0.2) is 23.9 Å². The molecule has 2 rings (SSSR count). The fourth-order valence-corrected chi connectivity index (χ4v) is 3.34. The molecule has 1 atom stereocenters. The van der Waals surface area contributed by atoms with Crippen molar-refractivity contribution in [3.8, 4) is 0 Å². The van der Waals surface area contributed by atoms with Gasteiger partial charge in [-0.1, -0.05) is 12.1 Å². The van der Waals surface area contributed by atoms with E-state index in [4.69, 9.17) is 0 Å². The first kappa shape index (κ1) is 15.0. The average molecular weight is 296 g/mol. The minimum absolute atomic E-state index is 0.442. The second-order valence-electron chi connectivity index (χ2n) is 5.83. The van der Waals surface area contributed by atoms with E-state index in [9.17, 15) is 8.42 Å². The molecule has 110 valence electrons. The molecule has 1 heterocycles. The Bertz CT molecular complexity index is 667. The van der Waals surface area contributed by atoms with E-state index in [-0.39, 0.29) is 0 Å². The van der Waals surface area contributed by atoms with E-state index < -0.39 is 21.8 Å². The number of H-pyrrole nitrogens is 1. The summed E-state index contributed by atoms with van der Waals surface area (Å²) in [5.74, 6) is 0.588. The Kier molecular flexibility index (Phi) is 3.86. The monoisotopic (exact) mass is 296 g/mol. The SMILES string of the molecule is CC(NS(=O)(=O)NC(C)(C)C)c1nc2ccccc2[nH]1. The van der Waals surface area contributed by atoms with Crippen LogP contribution >= 0.6 is 0 Å². The quantitative estimate of drug-likeness (QED) is 0.804. The van der Waals surface area contributed by atoms with Crippen molar-refractivity contribution < 1.29 is 8.42 Å². The Labute approximate surface area is 119 Å². The first-order chi connectivity index (χ1) is 9.16. The van der Waals surface area contributed by atoms with E-state index in [1.807, 2.05) is 24.3 Å². The van der Waals surface area contributed by atoms with Crippen molar-refractivity contribution in [2.75, 3.05) is 0 Å². The lowest BCUT2D eigenvalue weighted by atomic mass is 10.1. The second kappa shape index (κ2) is 5.16. The summed E-state index contributed by atoms with van der Waals surface area (Å²) in [6.07, 6.45) is 0. The molecule has 0 spiro atoms. The van der Waals surface area contributed by atoms with E-state index in [0.717, 1.165) is 11.0 Å². The number of hydrogen-bond donors (Lipinski definition) is 3. The predicted molar refractivity (Wildman–Crippen MR) is 79.5 cm³/mol. The van der Waals surface area contributed by atoms with Gasteiger partial charge >= 0.3 is 0 Å². The smallest absolute Gasteiger partial charge is 0.278 e. The Morgan fingerprint density at radius 2 is 1.90 bits per heavy atom. The molecule has 0 aliphatic heterocycles. The highest BCUT2D eigenvalue weighted by atomic mass is 32.2. The maximum absolute atomic E-state index is 12.0. The fourth-order valence-electron chi connectivity index (χ4n) is 1.90. The molecule has 0 fully saturated rings. The zero-order valence-electron chi connectivity index (χ0n) is 12.1. The molecule has 7 heteroatoms. The molecule has 2 aromatic rings. The summed E-state index contributed by atoms with van der Waals surface area (Å²) in [6.45, 7) is 7.12. The van der Waals surface area contributed by atoms with Crippen LogP contribution in [0.25, 0.3) is 11.0 Å². The molecule has 0 aliphatic rings.